The lowest BCUT2D eigenvalue weighted by Crippen LogP contribution is -2.53. The van der Waals surface area contributed by atoms with E-state index < -0.39 is 19.6 Å². The minimum absolute atomic E-state index is 0.0245. The van der Waals surface area contributed by atoms with Crippen LogP contribution in [0.15, 0.2) is 30.5 Å². The number of imidazole rings is 1. The molecule has 0 aliphatic carbocycles. The Kier molecular flexibility index (Phi) is 7.88. The van der Waals surface area contributed by atoms with Crippen LogP contribution in [0.5, 0.6) is 0 Å². The van der Waals surface area contributed by atoms with E-state index in [0.29, 0.717) is 12.5 Å². The largest absolute Gasteiger partial charge is 0.494 e. The van der Waals surface area contributed by atoms with Crippen molar-refractivity contribution in [3.8, 4) is 11.3 Å². The average molecular weight is 512 g/mol. The summed E-state index contributed by atoms with van der Waals surface area (Å²) < 4.78 is 17.3. The number of amides is 1. The maximum atomic E-state index is 13.5. The van der Waals surface area contributed by atoms with Crippen molar-refractivity contribution >= 4 is 18.5 Å². The van der Waals surface area contributed by atoms with Crippen LogP contribution in [0.2, 0.25) is 0 Å². The van der Waals surface area contributed by atoms with Crippen LogP contribution in [0.25, 0.3) is 11.3 Å². The van der Waals surface area contributed by atoms with Crippen LogP contribution in [0, 0.1) is 11.8 Å². The van der Waals surface area contributed by atoms with Gasteiger partial charge in [0.1, 0.15) is 5.82 Å². The summed E-state index contributed by atoms with van der Waals surface area (Å²) in [4.78, 5) is 23.5. The quantitative estimate of drug-likeness (QED) is 0.369. The lowest BCUT2D eigenvalue weighted by atomic mass is 9.79. The van der Waals surface area contributed by atoms with E-state index >= 15 is 0 Å². The minimum atomic E-state index is -1.20. The number of rotatable bonds is 8. The van der Waals surface area contributed by atoms with Gasteiger partial charge in [0.15, 0.2) is 0 Å². The number of hydrogen-bond acceptors (Lipinski definition) is 7. The lowest BCUT2D eigenvalue weighted by molar-refractivity contribution is -0.145. The van der Waals surface area contributed by atoms with E-state index in [9.17, 15) is 9.90 Å². The highest BCUT2D eigenvalue weighted by atomic mass is 16.7. The molecule has 1 amide bonds. The van der Waals surface area contributed by atoms with Gasteiger partial charge in [0.05, 0.1) is 35.2 Å². The van der Waals surface area contributed by atoms with Gasteiger partial charge in [0.2, 0.25) is 12.3 Å². The molecule has 3 heterocycles. The Bertz CT molecular complexity index is 1070. The SMILES string of the molecule is COC(O)NC(C(=O)N1CC(C)CC1c1ncc(-c2ccc(B3OC(C)(C)C(C)(C)O3)cc2)[nH]1)C(C)C. The van der Waals surface area contributed by atoms with E-state index in [1.807, 2.05) is 76.9 Å². The molecule has 202 valence electrons. The first-order chi connectivity index (χ1) is 17.3. The van der Waals surface area contributed by atoms with Gasteiger partial charge >= 0.3 is 7.12 Å². The van der Waals surface area contributed by atoms with Gasteiger partial charge in [-0.2, -0.15) is 0 Å². The first-order valence-corrected chi connectivity index (χ1v) is 13.1. The molecule has 1 aromatic heterocycles. The molecule has 2 fully saturated rings. The van der Waals surface area contributed by atoms with Crippen LogP contribution < -0.4 is 10.8 Å². The highest BCUT2D eigenvalue weighted by molar-refractivity contribution is 6.62. The third-order valence-electron chi connectivity index (χ3n) is 7.93. The smallest absolute Gasteiger partial charge is 0.399 e. The molecule has 1 aromatic carbocycles. The number of nitrogens with one attached hydrogen (secondary N) is 2. The van der Waals surface area contributed by atoms with E-state index in [-0.39, 0.29) is 29.1 Å². The molecule has 0 radical (unpaired) electrons. The third kappa shape index (κ3) is 5.63. The molecule has 2 aromatic rings. The van der Waals surface area contributed by atoms with Gasteiger partial charge in [-0.05, 0) is 57.0 Å². The summed E-state index contributed by atoms with van der Waals surface area (Å²) in [6, 6.07) is 7.37. The molecule has 2 saturated heterocycles. The maximum Gasteiger partial charge on any atom is 0.494 e. The van der Waals surface area contributed by atoms with Gasteiger partial charge in [-0.25, -0.2) is 4.98 Å². The van der Waals surface area contributed by atoms with Crippen molar-refractivity contribution in [1.82, 2.24) is 20.2 Å². The molecule has 4 atom stereocenters. The highest BCUT2D eigenvalue weighted by Crippen LogP contribution is 2.37. The Morgan fingerprint density at radius 2 is 1.84 bits per heavy atom. The number of aliphatic hydroxyl groups is 1. The number of carbonyl (C=O) groups is 1. The summed E-state index contributed by atoms with van der Waals surface area (Å²) in [6.07, 6.45) is 1.43. The van der Waals surface area contributed by atoms with Crippen molar-refractivity contribution < 1.29 is 23.9 Å². The van der Waals surface area contributed by atoms with E-state index in [1.165, 1.54) is 7.11 Å². The first kappa shape index (κ1) is 27.8. The molecule has 2 aliphatic heterocycles. The zero-order valence-electron chi connectivity index (χ0n) is 23.2. The number of nitrogens with zero attached hydrogens (tertiary/aromatic N) is 2. The summed E-state index contributed by atoms with van der Waals surface area (Å²) >= 11 is 0. The van der Waals surface area contributed by atoms with Gasteiger partial charge in [0.25, 0.3) is 0 Å². The summed E-state index contributed by atoms with van der Waals surface area (Å²) in [6.45, 7) is 14.9. The Labute approximate surface area is 220 Å². The van der Waals surface area contributed by atoms with Crippen molar-refractivity contribution in [2.24, 2.45) is 11.8 Å². The number of benzene rings is 1. The fourth-order valence-corrected chi connectivity index (χ4v) is 4.95. The second kappa shape index (κ2) is 10.5. The summed E-state index contributed by atoms with van der Waals surface area (Å²) in [5, 5.41) is 12.8. The number of methoxy groups -OCH3 is 1. The van der Waals surface area contributed by atoms with E-state index in [0.717, 1.165) is 29.0 Å². The van der Waals surface area contributed by atoms with Crippen molar-refractivity contribution in [2.45, 2.75) is 84.6 Å². The Hall–Kier alpha value is -2.24. The highest BCUT2D eigenvalue weighted by Gasteiger charge is 2.51. The first-order valence-electron chi connectivity index (χ1n) is 13.1. The van der Waals surface area contributed by atoms with Crippen LogP contribution in [-0.2, 0) is 18.8 Å². The molecule has 2 aliphatic rings. The molecule has 0 spiro atoms. The molecular formula is C27H41BN4O5. The summed E-state index contributed by atoms with van der Waals surface area (Å²) in [5.74, 6) is 1.01. The van der Waals surface area contributed by atoms with Gasteiger partial charge < -0.3 is 29.0 Å². The van der Waals surface area contributed by atoms with Crippen LogP contribution in [-0.4, -0.2) is 70.3 Å². The molecular weight excluding hydrogens is 471 g/mol. The fraction of sp³-hybridized carbons (Fsp3) is 0.630. The summed E-state index contributed by atoms with van der Waals surface area (Å²) in [5.41, 5.74) is 2.07. The maximum absolute atomic E-state index is 13.5. The van der Waals surface area contributed by atoms with E-state index in [4.69, 9.17) is 14.0 Å². The Morgan fingerprint density at radius 1 is 1.22 bits per heavy atom. The summed E-state index contributed by atoms with van der Waals surface area (Å²) in [7, 11) is 0.988. The zero-order valence-corrected chi connectivity index (χ0v) is 23.2. The Morgan fingerprint density at radius 3 is 2.41 bits per heavy atom. The molecule has 9 nitrogen and oxygen atoms in total. The second-order valence-corrected chi connectivity index (χ2v) is 11.7. The van der Waals surface area contributed by atoms with Crippen molar-refractivity contribution in [2.75, 3.05) is 13.7 Å². The zero-order chi connectivity index (χ0) is 27.1. The second-order valence-electron chi connectivity index (χ2n) is 11.7. The normalized spacial score (nSPS) is 24.6. The van der Waals surface area contributed by atoms with Gasteiger partial charge in [0, 0.05) is 13.7 Å². The van der Waals surface area contributed by atoms with Crippen LogP contribution in [0.3, 0.4) is 0 Å². The predicted molar refractivity (Wildman–Crippen MR) is 143 cm³/mol. The number of carbonyl (C=O) groups excluding carboxylic acids is 1. The number of aliphatic hydroxyl groups excluding tert-OH is 1. The number of hydrogen-bond donors (Lipinski definition) is 3. The van der Waals surface area contributed by atoms with Crippen LogP contribution in [0.1, 0.15) is 66.8 Å². The van der Waals surface area contributed by atoms with Crippen LogP contribution in [0.4, 0.5) is 0 Å². The van der Waals surface area contributed by atoms with E-state index in [2.05, 4.69) is 22.2 Å². The molecule has 0 saturated carbocycles. The minimum Gasteiger partial charge on any atom is -0.399 e. The average Bonchev–Trinajstić information content (AvgIpc) is 3.52. The number of aromatic amines is 1. The number of aromatic nitrogens is 2. The standard InChI is InChI=1S/C27H41BN4O5/c1-16(2)22(31-25(34)35-8)24(33)32-15-17(3)13-21(32)23-29-14-20(30-23)18-9-11-19(12-10-18)28-36-26(4,5)27(6,7)37-28/h9-12,14,16-17,21-22,25,31,34H,13,15H2,1-8H3,(H,29,30). The lowest BCUT2D eigenvalue weighted by Gasteiger charge is -2.32. The van der Waals surface area contributed by atoms with Crippen molar-refractivity contribution in [1.29, 1.82) is 0 Å². The molecule has 10 heteroatoms. The van der Waals surface area contributed by atoms with Gasteiger partial charge in [-0.3, -0.25) is 10.1 Å². The van der Waals surface area contributed by atoms with E-state index in [1.54, 1.807) is 0 Å². The fourth-order valence-electron chi connectivity index (χ4n) is 4.95. The molecule has 0 bridgehead atoms. The van der Waals surface area contributed by atoms with Gasteiger partial charge in [-0.15, -0.1) is 0 Å². The molecule has 3 N–H and O–H groups in total. The number of likely N-dealkylation sites (tertiary alicyclic amines) is 1. The number of H-pyrrole nitrogens is 1. The third-order valence-corrected chi connectivity index (χ3v) is 7.93. The number of ether oxygens (including phenoxy) is 1. The van der Waals surface area contributed by atoms with Crippen molar-refractivity contribution in [3.63, 3.8) is 0 Å². The molecule has 4 unspecified atom stereocenters. The molecule has 37 heavy (non-hydrogen) atoms. The van der Waals surface area contributed by atoms with Gasteiger partial charge in [-0.1, -0.05) is 45.0 Å². The predicted octanol–water partition coefficient (Wildman–Crippen LogP) is 2.82. The topological polar surface area (TPSA) is 109 Å². The van der Waals surface area contributed by atoms with Crippen LogP contribution >= 0.6 is 0 Å². The molecule has 4 rings (SSSR count). The Balaban J connectivity index is 1.50. The monoisotopic (exact) mass is 512 g/mol. The van der Waals surface area contributed by atoms with Crippen molar-refractivity contribution in [3.05, 3.63) is 36.3 Å².